The number of nitrogens with one attached hydrogen (secondary N) is 1. The number of amides is 1. The maximum Gasteiger partial charge on any atom is 0.231 e. The fraction of sp³-hybridized carbons (Fsp3) is 0.417. The van der Waals surface area contributed by atoms with Gasteiger partial charge < -0.3 is 15.2 Å². The van der Waals surface area contributed by atoms with Crippen LogP contribution in [0.25, 0.3) is 0 Å². The Balaban J connectivity index is 2.10. The van der Waals surface area contributed by atoms with Crippen LogP contribution < -0.4 is 10.1 Å². The van der Waals surface area contributed by atoms with E-state index < -0.39 is 0 Å². The molecule has 2 N–H and O–H groups in total. The number of hydrogen-bond donors (Lipinski definition) is 2. The predicted molar refractivity (Wildman–Crippen MR) is 59.4 cm³/mol. The Hall–Kier alpha value is -1.55. The molecule has 0 bridgehead atoms. The van der Waals surface area contributed by atoms with Crippen molar-refractivity contribution in [2.24, 2.45) is 0 Å². The Morgan fingerprint density at radius 1 is 1.62 bits per heavy atom. The van der Waals surface area contributed by atoms with Gasteiger partial charge in [-0.05, 0) is 13.0 Å². The molecular formula is C12H15NO3. The third kappa shape index (κ3) is 2.02. The van der Waals surface area contributed by atoms with E-state index >= 15 is 0 Å². The van der Waals surface area contributed by atoms with Gasteiger partial charge in [0.1, 0.15) is 18.3 Å². The van der Waals surface area contributed by atoms with Gasteiger partial charge in [-0.1, -0.05) is 18.2 Å². The van der Waals surface area contributed by atoms with Crippen molar-refractivity contribution in [2.75, 3.05) is 13.2 Å². The molecule has 0 aromatic heterocycles. The molecule has 0 saturated heterocycles. The molecule has 0 spiro atoms. The molecule has 0 fully saturated rings. The number of carbonyl (C=O) groups excluding carboxylic acids is 1. The molecule has 1 amide bonds. The molecule has 2 atom stereocenters. The number of aliphatic hydroxyl groups excluding tert-OH is 1. The minimum atomic E-state index is -0.259. The Kier molecular flexibility index (Phi) is 3.10. The van der Waals surface area contributed by atoms with Gasteiger partial charge >= 0.3 is 0 Å². The highest BCUT2D eigenvalue weighted by molar-refractivity contribution is 5.85. The molecule has 0 radical (unpaired) electrons. The highest BCUT2D eigenvalue weighted by Crippen LogP contribution is 2.33. The van der Waals surface area contributed by atoms with E-state index in [1.807, 2.05) is 24.3 Å². The highest BCUT2D eigenvalue weighted by atomic mass is 16.5. The fourth-order valence-corrected chi connectivity index (χ4v) is 1.77. The first-order chi connectivity index (χ1) is 7.72. The van der Waals surface area contributed by atoms with E-state index in [4.69, 9.17) is 9.84 Å². The fourth-order valence-electron chi connectivity index (χ4n) is 1.77. The number of aliphatic hydroxyl groups is 1. The molecule has 86 valence electrons. The van der Waals surface area contributed by atoms with E-state index in [2.05, 4.69) is 5.32 Å². The average molecular weight is 221 g/mol. The van der Waals surface area contributed by atoms with Gasteiger partial charge in [0.15, 0.2) is 0 Å². The van der Waals surface area contributed by atoms with Crippen LogP contribution in [0, 0.1) is 0 Å². The monoisotopic (exact) mass is 221 g/mol. The summed E-state index contributed by atoms with van der Waals surface area (Å²) in [5.74, 6) is 0.427. The Labute approximate surface area is 94.2 Å². The van der Waals surface area contributed by atoms with Crippen molar-refractivity contribution < 1.29 is 14.6 Å². The van der Waals surface area contributed by atoms with Gasteiger partial charge in [0, 0.05) is 11.6 Å². The van der Waals surface area contributed by atoms with Crippen molar-refractivity contribution in [1.29, 1.82) is 0 Å². The summed E-state index contributed by atoms with van der Waals surface area (Å²) in [6, 6.07) is 7.31. The summed E-state index contributed by atoms with van der Waals surface area (Å²) in [7, 11) is 0. The summed E-state index contributed by atoms with van der Waals surface area (Å²) < 4.78 is 5.42. The van der Waals surface area contributed by atoms with Crippen molar-refractivity contribution in [1.82, 2.24) is 5.32 Å². The standard InChI is InChI=1S/C12H15NO3/c1-8(6-14)13-12(15)10-7-16-11-5-3-2-4-9(10)11/h2-5,8,10,14H,6-7H2,1H3,(H,13,15). The molecule has 1 aliphatic rings. The quantitative estimate of drug-likeness (QED) is 0.788. The van der Waals surface area contributed by atoms with Gasteiger partial charge in [-0.3, -0.25) is 4.79 Å². The number of para-hydroxylation sites is 1. The number of fused-ring (bicyclic) bond motifs is 1. The van der Waals surface area contributed by atoms with Crippen LogP contribution in [0.4, 0.5) is 0 Å². The normalized spacial score (nSPS) is 19.8. The molecular weight excluding hydrogens is 206 g/mol. The minimum Gasteiger partial charge on any atom is -0.492 e. The van der Waals surface area contributed by atoms with Gasteiger partial charge in [0.05, 0.1) is 6.61 Å². The Morgan fingerprint density at radius 2 is 2.38 bits per heavy atom. The van der Waals surface area contributed by atoms with Gasteiger partial charge in [0.25, 0.3) is 0 Å². The van der Waals surface area contributed by atoms with Crippen LogP contribution in [-0.2, 0) is 4.79 Å². The first-order valence-electron chi connectivity index (χ1n) is 5.35. The molecule has 1 aliphatic heterocycles. The van der Waals surface area contributed by atoms with Crippen LogP contribution in [0.15, 0.2) is 24.3 Å². The first kappa shape index (κ1) is 11.0. The minimum absolute atomic E-state index is 0.0546. The lowest BCUT2D eigenvalue weighted by molar-refractivity contribution is -0.123. The van der Waals surface area contributed by atoms with Crippen molar-refractivity contribution in [3.05, 3.63) is 29.8 Å². The van der Waals surface area contributed by atoms with Gasteiger partial charge in [-0.15, -0.1) is 0 Å². The molecule has 0 aliphatic carbocycles. The van der Waals surface area contributed by atoms with Crippen LogP contribution in [0.1, 0.15) is 18.4 Å². The van der Waals surface area contributed by atoms with E-state index in [-0.39, 0.29) is 24.5 Å². The maximum absolute atomic E-state index is 11.9. The van der Waals surface area contributed by atoms with Crippen LogP contribution in [-0.4, -0.2) is 30.3 Å². The zero-order chi connectivity index (χ0) is 11.5. The third-order valence-corrected chi connectivity index (χ3v) is 2.68. The van der Waals surface area contributed by atoms with Crippen molar-refractivity contribution in [3.63, 3.8) is 0 Å². The van der Waals surface area contributed by atoms with E-state index in [0.717, 1.165) is 11.3 Å². The van der Waals surface area contributed by atoms with Crippen LogP contribution >= 0.6 is 0 Å². The third-order valence-electron chi connectivity index (χ3n) is 2.68. The lowest BCUT2D eigenvalue weighted by atomic mass is 10.0. The summed E-state index contributed by atoms with van der Waals surface area (Å²) in [5, 5.41) is 11.6. The average Bonchev–Trinajstić information content (AvgIpc) is 2.72. The molecule has 1 heterocycles. The highest BCUT2D eigenvalue weighted by Gasteiger charge is 2.30. The van der Waals surface area contributed by atoms with Crippen LogP contribution in [0.5, 0.6) is 5.75 Å². The van der Waals surface area contributed by atoms with Crippen molar-refractivity contribution in [3.8, 4) is 5.75 Å². The van der Waals surface area contributed by atoms with Gasteiger partial charge in [-0.2, -0.15) is 0 Å². The molecule has 2 unspecified atom stereocenters. The molecule has 1 aromatic rings. The maximum atomic E-state index is 11.9. The molecule has 16 heavy (non-hydrogen) atoms. The van der Waals surface area contributed by atoms with Crippen molar-refractivity contribution >= 4 is 5.91 Å². The van der Waals surface area contributed by atoms with Crippen molar-refractivity contribution in [2.45, 2.75) is 18.9 Å². The van der Waals surface area contributed by atoms with E-state index in [0.29, 0.717) is 6.61 Å². The molecule has 2 rings (SSSR count). The van der Waals surface area contributed by atoms with Gasteiger partial charge in [-0.25, -0.2) is 0 Å². The number of rotatable bonds is 3. The second-order valence-electron chi connectivity index (χ2n) is 3.99. The number of ether oxygens (including phenoxy) is 1. The smallest absolute Gasteiger partial charge is 0.231 e. The number of carbonyl (C=O) groups is 1. The van der Waals surface area contributed by atoms with Crippen LogP contribution in [0.3, 0.4) is 0 Å². The largest absolute Gasteiger partial charge is 0.492 e. The molecule has 4 nitrogen and oxygen atoms in total. The molecule has 1 aromatic carbocycles. The number of benzene rings is 1. The summed E-state index contributed by atoms with van der Waals surface area (Å²) in [5.41, 5.74) is 0.921. The summed E-state index contributed by atoms with van der Waals surface area (Å²) in [4.78, 5) is 11.9. The molecule has 4 heteroatoms. The Morgan fingerprint density at radius 3 is 3.12 bits per heavy atom. The second kappa shape index (κ2) is 4.53. The Bertz CT molecular complexity index is 392. The summed E-state index contributed by atoms with van der Waals surface area (Å²) in [6.45, 7) is 2.09. The topological polar surface area (TPSA) is 58.6 Å². The number of hydrogen-bond acceptors (Lipinski definition) is 3. The van der Waals surface area contributed by atoms with Gasteiger partial charge in [0.2, 0.25) is 5.91 Å². The molecule has 0 saturated carbocycles. The van der Waals surface area contributed by atoms with E-state index in [1.165, 1.54) is 0 Å². The van der Waals surface area contributed by atoms with Crippen LogP contribution in [0.2, 0.25) is 0 Å². The van der Waals surface area contributed by atoms with E-state index in [9.17, 15) is 4.79 Å². The lowest BCUT2D eigenvalue weighted by Crippen LogP contribution is -2.38. The zero-order valence-electron chi connectivity index (χ0n) is 9.14. The second-order valence-corrected chi connectivity index (χ2v) is 3.99. The summed E-state index contributed by atoms with van der Waals surface area (Å²) >= 11 is 0. The van der Waals surface area contributed by atoms with E-state index in [1.54, 1.807) is 6.92 Å². The summed E-state index contributed by atoms with van der Waals surface area (Å²) in [6.07, 6.45) is 0. The first-order valence-corrected chi connectivity index (χ1v) is 5.35. The predicted octanol–water partition coefficient (Wildman–Crippen LogP) is 0.660. The zero-order valence-corrected chi connectivity index (χ0v) is 9.14. The lowest BCUT2D eigenvalue weighted by Gasteiger charge is -2.14. The SMILES string of the molecule is CC(CO)NC(=O)C1COc2ccccc21.